The molecule has 2 aromatic rings. The molecule has 0 bridgehead atoms. The van der Waals surface area contributed by atoms with Crippen LogP contribution in [0.4, 0.5) is 5.82 Å². The average molecular weight is 301 g/mol. The minimum absolute atomic E-state index is 0.205. The third-order valence-electron chi connectivity index (χ3n) is 3.77. The first kappa shape index (κ1) is 15.0. The van der Waals surface area contributed by atoms with E-state index >= 15 is 0 Å². The molecule has 2 unspecified atom stereocenters. The molecule has 0 aromatic carbocycles. The predicted octanol–water partition coefficient (Wildman–Crippen LogP) is 2.20. The van der Waals surface area contributed by atoms with Gasteiger partial charge in [-0.3, -0.25) is 0 Å². The molecule has 3 heterocycles. The Kier molecular flexibility index (Phi) is 3.87. The van der Waals surface area contributed by atoms with Gasteiger partial charge in [0, 0.05) is 30.5 Å². The van der Waals surface area contributed by atoms with Crippen LogP contribution in [-0.4, -0.2) is 45.0 Å². The summed E-state index contributed by atoms with van der Waals surface area (Å²) in [6, 6.07) is 4.06. The smallest absolute Gasteiger partial charge is 0.252 e. The maximum atomic E-state index is 5.80. The SMILES string of the molecule is Cc1cc(N2CC(C)OC(C)C2)nc(-n2nc(C)cc2C)n1. The fraction of sp³-hybridized carbons (Fsp3) is 0.562. The molecular weight excluding hydrogens is 278 g/mol. The van der Waals surface area contributed by atoms with Crippen molar-refractivity contribution in [2.45, 2.75) is 46.8 Å². The Bertz CT molecular complexity index is 671. The Morgan fingerprint density at radius 2 is 1.68 bits per heavy atom. The largest absolute Gasteiger partial charge is 0.372 e. The Morgan fingerprint density at radius 1 is 1.00 bits per heavy atom. The molecule has 0 N–H and O–H groups in total. The number of aryl methyl sites for hydroxylation is 3. The quantitative estimate of drug-likeness (QED) is 0.851. The molecular formula is C16H23N5O. The predicted molar refractivity (Wildman–Crippen MR) is 85.6 cm³/mol. The van der Waals surface area contributed by atoms with Crippen molar-refractivity contribution in [2.75, 3.05) is 18.0 Å². The number of hydrogen-bond acceptors (Lipinski definition) is 5. The van der Waals surface area contributed by atoms with E-state index in [4.69, 9.17) is 9.72 Å². The van der Waals surface area contributed by atoms with Crippen LogP contribution in [0.1, 0.15) is 30.9 Å². The molecule has 1 aliphatic rings. The van der Waals surface area contributed by atoms with Crippen molar-refractivity contribution in [3.8, 4) is 5.95 Å². The first-order valence-electron chi connectivity index (χ1n) is 7.72. The zero-order valence-electron chi connectivity index (χ0n) is 13.9. The first-order valence-corrected chi connectivity index (χ1v) is 7.72. The van der Waals surface area contributed by atoms with Crippen molar-refractivity contribution in [1.29, 1.82) is 0 Å². The van der Waals surface area contributed by atoms with Gasteiger partial charge in [0.25, 0.3) is 5.95 Å². The van der Waals surface area contributed by atoms with Crippen molar-refractivity contribution < 1.29 is 4.74 Å². The molecule has 0 aliphatic carbocycles. The molecule has 6 nitrogen and oxygen atoms in total. The molecule has 2 atom stereocenters. The molecule has 1 aliphatic heterocycles. The highest BCUT2D eigenvalue weighted by Gasteiger charge is 2.24. The molecule has 0 amide bonds. The Hall–Kier alpha value is -1.95. The van der Waals surface area contributed by atoms with Crippen LogP contribution in [0.2, 0.25) is 0 Å². The number of morpholine rings is 1. The van der Waals surface area contributed by atoms with Gasteiger partial charge in [-0.15, -0.1) is 0 Å². The van der Waals surface area contributed by atoms with E-state index in [1.807, 2.05) is 32.9 Å². The van der Waals surface area contributed by atoms with Crippen molar-refractivity contribution in [2.24, 2.45) is 0 Å². The monoisotopic (exact) mass is 301 g/mol. The van der Waals surface area contributed by atoms with E-state index in [1.165, 1.54) is 0 Å². The summed E-state index contributed by atoms with van der Waals surface area (Å²) in [5.74, 6) is 1.57. The van der Waals surface area contributed by atoms with Gasteiger partial charge in [-0.2, -0.15) is 10.1 Å². The van der Waals surface area contributed by atoms with E-state index in [0.29, 0.717) is 5.95 Å². The topological polar surface area (TPSA) is 56.1 Å². The lowest BCUT2D eigenvalue weighted by atomic mass is 10.2. The van der Waals surface area contributed by atoms with E-state index in [-0.39, 0.29) is 12.2 Å². The second-order valence-electron chi connectivity index (χ2n) is 6.17. The molecule has 6 heteroatoms. The molecule has 1 saturated heterocycles. The third-order valence-corrected chi connectivity index (χ3v) is 3.77. The highest BCUT2D eigenvalue weighted by molar-refractivity contribution is 5.43. The van der Waals surface area contributed by atoms with Crippen LogP contribution in [0.3, 0.4) is 0 Å². The second kappa shape index (κ2) is 5.68. The van der Waals surface area contributed by atoms with E-state index in [0.717, 1.165) is 36.0 Å². The molecule has 0 radical (unpaired) electrons. The van der Waals surface area contributed by atoms with E-state index < -0.39 is 0 Å². The summed E-state index contributed by atoms with van der Waals surface area (Å²) in [5.41, 5.74) is 2.95. The number of aromatic nitrogens is 4. The fourth-order valence-electron chi connectivity index (χ4n) is 2.99. The van der Waals surface area contributed by atoms with Crippen LogP contribution in [0, 0.1) is 20.8 Å². The summed E-state index contributed by atoms with van der Waals surface area (Å²) in [6.07, 6.45) is 0.410. The minimum Gasteiger partial charge on any atom is -0.372 e. The lowest BCUT2D eigenvalue weighted by molar-refractivity contribution is -0.00547. The molecule has 22 heavy (non-hydrogen) atoms. The first-order chi connectivity index (χ1) is 10.4. The zero-order chi connectivity index (χ0) is 15.9. The number of rotatable bonds is 2. The molecule has 3 rings (SSSR count). The van der Waals surface area contributed by atoms with Gasteiger partial charge in [-0.25, -0.2) is 9.67 Å². The Morgan fingerprint density at radius 3 is 2.27 bits per heavy atom. The lowest BCUT2D eigenvalue weighted by Gasteiger charge is -2.36. The third kappa shape index (κ3) is 2.97. The Balaban J connectivity index is 1.98. The van der Waals surface area contributed by atoms with E-state index in [2.05, 4.69) is 28.8 Å². The van der Waals surface area contributed by atoms with E-state index in [1.54, 1.807) is 4.68 Å². The van der Waals surface area contributed by atoms with Crippen molar-refractivity contribution in [3.63, 3.8) is 0 Å². The van der Waals surface area contributed by atoms with Crippen LogP contribution in [-0.2, 0) is 4.74 Å². The molecule has 0 saturated carbocycles. The Labute approximate surface area is 131 Å². The summed E-state index contributed by atoms with van der Waals surface area (Å²) < 4.78 is 7.61. The van der Waals surface area contributed by atoms with Gasteiger partial charge in [0.05, 0.1) is 17.9 Å². The van der Waals surface area contributed by atoms with Gasteiger partial charge >= 0.3 is 0 Å². The fourth-order valence-corrected chi connectivity index (χ4v) is 2.99. The molecule has 2 aromatic heterocycles. The summed E-state index contributed by atoms with van der Waals surface area (Å²) in [7, 11) is 0. The summed E-state index contributed by atoms with van der Waals surface area (Å²) >= 11 is 0. The maximum absolute atomic E-state index is 5.80. The van der Waals surface area contributed by atoms with Crippen LogP contribution in [0.25, 0.3) is 5.95 Å². The van der Waals surface area contributed by atoms with Crippen molar-refractivity contribution in [3.05, 3.63) is 29.2 Å². The van der Waals surface area contributed by atoms with Gasteiger partial charge in [-0.1, -0.05) is 0 Å². The lowest BCUT2D eigenvalue weighted by Crippen LogP contribution is -2.46. The minimum atomic E-state index is 0.205. The molecule has 0 spiro atoms. The highest BCUT2D eigenvalue weighted by Crippen LogP contribution is 2.20. The highest BCUT2D eigenvalue weighted by atomic mass is 16.5. The van der Waals surface area contributed by atoms with Gasteiger partial charge in [0.2, 0.25) is 0 Å². The van der Waals surface area contributed by atoms with Gasteiger partial charge in [0.15, 0.2) is 0 Å². The van der Waals surface area contributed by atoms with Crippen LogP contribution < -0.4 is 4.90 Å². The summed E-state index contributed by atoms with van der Waals surface area (Å²) in [4.78, 5) is 11.5. The standard InChI is InChI=1S/C16H23N5O/c1-10-7-15(20-8-13(4)22-14(5)9-20)18-16(17-10)21-12(3)6-11(2)19-21/h6-7,13-14H,8-9H2,1-5H3. The van der Waals surface area contributed by atoms with Gasteiger partial charge < -0.3 is 9.64 Å². The number of anilines is 1. The molecule has 118 valence electrons. The van der Waals surface area contributed by atoms with Crippen molar-refractivity contribution in [1.82, 2.24) is 19.7 Å². The summed E-state index contributed by atoms with van der Waals surface area (Å²) in [5, 5.41) is 4.49. The normalized spacial score (nSPS) is 22.1. The number of ether oxygens (including phenoxy) is 1. The van der Waals surface area contributed by atoms with Gasteiger partial charge in [0.1, 0.15) is 5.82 Å². The number of nitrogens with zero attached hydrogens (tertiary/aromatic N) is 5. The van der Waals surface area contributed by atoms with Gasteiger partial charge in [-0.05, 0) is 40.7 Å². The van der Waals surface area contributed by atoms with Crippen LogP contribution in [0.5, 0.6) is 0 Å². The maximum Gasteiger partial charge on any atom is 0.252 e. The van der Waals surface area contributed by atoms with Crippen molar-refractivity contribution >= 4 is 5.82 Å². The zero-order valence-corrected chi connectivity index (χ0v) is 13.9. The average Bonchev–Trinajstić information content (AvgIpc) is 2.76. The molecule has 1 fully saturated rings. The van der Waals surface area contributed by atoms with Crippen LogP contribution in [0.15, 0.2) is 12.1 Å². The summed E-state index contributed by atoms with van der Waals surface area (Å²) in [6.45, 7) is 11.9. The second-order valence-corrected chi connectivity index (χ2v) is 6.17. The van der Waals surface area contributed by atoms with E-state index in [9.17, 15) is 0 Å². The van der Waals surface area contributed by atoms with Crippen LogP contribution >= 0.6 is 0 Å². The number of hydrogen-bond donors (Lipinski definition) is 0.